The second kappa shape index (κ2) is 7.79. The summed E-state index contributed by atoms with van der Waals surface area (Å²) in [6.45, 7) is 1.08. The van der Waals surface area contributed by atoms with Gasteiger partial charge in [-0.2, -0.15) is 0 Å². The second-order valence-corrected chi connectivity index (χ2v) is 10.1. The zero-order chi connectivity index (χ0) is 22.6. The molecule has 5 heteroatoms. The van der Waals surface area contributed by atoms with Gasteiger partial charge in [-0.1, -0.05) is 30.3 Å². The molecule has 172 valence electrons. The van der Waals surface area contributed by atoms with E-state index in [0.717, 1.165) is 17.6 Å². The van der Waals surface area contributed by atoms with Crippen LogP contribution < -0.4 is 20.1 Å². The average Bonchev–Trinajstić information content (AvgIpc) is 3.51. The van der Waals surface area contributed by atoms with E-state index in [9.17, 15) is 4.79 Å². The van der Waals surface area contributed by atoms with Crippen LogP contribution in [0.1, 0.15) is 52.7 Å². The van der Waals surface area contributed by atoms with Crippen molar-refractivity contribution in [1.29, 1.82) is 0 Å². The molecule has 0 unspecified atom stereocenters. The van der Waals surface area contributed by atoms with Crippen molar-refractivity contribution < 1.29 is 14.3 Å². The third-order valence-electron chi connectivity index (χ3n) is 8.31. The summed E-state index contributed by atoms with van der Waals surface area (Å²) in [5.74, 6) is 3.89. The van der Waals surface area contributed by atoms with E-state index in [0.29, 0.717) is 48.1 Å². The SMILES string of the molecule is O=C(Nc1ccc2c(c1)OCCO2)c1ccc2c(c1)[C@@H]1[C@H]3CC[C@@H](C3)[C@H]1[C@@H](c1ccccc1)N2. The minimum Gasteiger partial charge on any atom is -0.486 e. The monoisotopic (exact) mass is 452 g/mol. The van der Waals surface area contributed by atoms with Crippen molar-refractivity contribution in [2.24, 2.45) is 17.8 Å². The average molecular weight is 453 g/mol. The fourth-order valence-corrected chi connectivity index (χ4v) is 6.94. The quantitative estimate of drug-likeness (QED) is 0.511. The summed E-state index contributed by atoms with van der Waals surface area (Å²) in [7, 11) is 0. The third-order valence-corrected chi connectivity index (χ3v) is 8.31. The molecule has 5 nitrogen and oxygen atoms in total. The lowest BCUT2D eigenvalue weighted by Crippen LogP contribution is -2.35. The number of hydrogen-bond acceptors (Lipinski definition) is 4. The van der Waals surface area contributed by atoms with Crippen LogP contribution in [0.25, 0.3) is 0 Å². The number of carbonyl (C=O) groups excluding carboxylic acids is 1. The molecule has 2 N–H and O–H groups in total. The molecule has 2 aliphatic carbocycles. The molecule has 2 fully saturated rings. The molecule has 3 aromatic carbocycles. The van der Waals surface area contributed by atoms with Gasteiger partial charge in [0.2, 0.25) is 0 Å². The number of fused-ring (bicyclic) bond motifs is 8. The van der Waals surface area contributed by atoms with Gasteiger partial charge in [0.25, 0.3) is 5.91 Å². The first kappa shape index (κ1) is 20.0. The maximum atomic E-state index is 13.2. The Hall–Kier alpha value is -3.47. The zero-order valence-electron chi connectivity index (χ0n) is 19.0. The molecule has 34 heavy (non-hydrogen) atoms. The lowest BCUT2D eigenvalue weighted by molar-refractivity contribution is 0.102. The molecule has 0 saturated heterocycles. The highest BCUT2D eigenvalue weighted by Crippen LogP contribution is 2.63. The topological polar surface area (TPSA) is 59.6 Å². The van der Waals surface area contributed by atoms with E-state index in [2.05, 4.69) is 53.1 Å². The number of benzene rings is 3. The van der Waals surface area contributed by atoms with Crippen LogP contribution in [-0.4, -0.2) is 19.1 Å². The summed E-state index contributed by atoms with van der Waals surface area (Å²) < 4.78 is 11.3. The fraction of sp³-hybridized carbons (Fsp3) is 0.345. The van der Waals surface area contributed by atoms with E-state index in [4.69, 9.17) is 9.47 Å². The maximum absolute atomic E-state index is 13.2. The van der Waals surface area contributed by atoms with Crippen LogP contribution in [0.4, 0.5) is 11.4 Å². The van der Waals surface area contributed by atoms with Crippen LogP contribution in [0.15, 0.2) is 66.7 Å². The Morgan fingerprint density at radius 3 is 2.59 bits per heavy atom. The van der Waals surface area contributed by atoms with Gasteiger partial charge in [-0.05, 0) is 84.4 Å². The molecule has 1 amide bonds. The normalized spacial score (nSPS) is 27.9. The lowest BCUT2D eigenvalue weighted by atomic mass is 9.68. The van der Waals surface area contributed by atoms with Crippen LogP contribution in [0.2, 0.25) is 0 Å². The summed E-state index contributed by atoms with van der Waals surface area (Å²) in [6, 6.07) is 22.9. The summed E-state index contributed by atoms with van der Waals surface area (Å²) >= 11 is 0. The molecule has 0 radical (unpaired) electrons. The third kappa shape index (κ3) is 3.17. The van der Waals surface area contributed by atoms with Gasteiger partial charge in [0.1, 0.15) is 13.2 Å². The Labute approximate surface area is 199 Å². The molecule has 3 aromatic rings. The van der Waals surface area contributed by atoms with Crippen LogP contribution >= 0.6 is 0 Å². The minimum atomic E-state index is -0.0932. The number of hydrogen-bond donors (Lipinski definition) is 2. The molecule has 2 bridgehead atoms. The van der Waals surface area contributed by atoms with Crippen molar-refractivity contribution in [1.82, 2.24) is 0 Å². The van der Waals surface area contributed by atoms with Gasteiger partial charge in [0.15, 0.2) is 11.5 Å². The van der Waals surface area contributed by atoms with Crippen molar-refractivity contribution in [3.8, 4) is 11.5 Å². The predicted molar refractivity (Wildman–Crippen MR) is 132 cm³/mol. The molecule has 5 atom stereocenters. The van der Waals surface area contributed by atoms with Gasteiger partial charge in [-0.3, -0.25) is 4.79 Å². The number of rotatable bonds is 3. The minimum absolute atomic E-state index is 0.0932. The summed E-state index contributed by atoms with van der Waals surface area (Å²) in [4.78, 5) is 13.2. The van der Waals surface area contributed by atoms with E-state index in [-0.39, 0.29) is 5.91 Å². The first-order chi connectivity index (χ1) is 16.7. The number of nitrogens with one attached hydrogen (secondary N) is 2. The van der Waals surface area contributed by atoms with Gasteiger partial charge >= 0.3 is 0 Å². The van der Waals surface area contributed by atoms with Crippen molar-refractivity contribution >= 4 is 17.3 Å². The number of ether oxygens (including phenoxy) is 2. The summed E-state index contributed by atoms with van der Waals surface area (Å²) in [5.41, 5.74) is 5.29. The molecule has 2 heterocycles. The van der Waals surface area contributed by atoms with Crippen molar-refractivity contribution in [3.63, 3.8) is 0 Å². The molecule has 0 spiro atoms. The Morgan fingerprint density at radius 2 is 1.71 bits per heavy atom. The summed E-state index contributed by atoms with van der Waals surface area (Å²) in [6.07, 6.45) is 3.95. The van der Waals surface area contributed by atoms with Crippen LogP contribution in [0.3, 0.4) is 0 Å². The van der Waals surface area contributed by atoms with E-state index in [1.165, 1.54) is 36.1 Å². The molecular weight excluding hydrogens is 424 g/mol. The highest BCUT2D eigenvalue weighted by atomic mass is 16.6. The van der Waals surface area contributed by atoms with E-state index >= 15 is 0 Å². The van der Waals surface area contributed by atoms with Crippen molar-refractivity contribution in [3.05, 3.63) is 83.4 Å². The zero-order valence-corrected chi connectivity index (χ0v) is 19.0. The predicted octanol–water partition coefficient (Wildman–Crippen LogP) is 6.01. The molecule has 0 aromatic heterocycles. The number of amides is 1. The van der Waals surface area contributed by atoms with E-state index in [1.807, 2.05) is 24.3 Å². The molecular formula is C29H28N2O3. The molecule has 2 saturated carbocycles. The highest BCUT2D eigenvalue weighted by molar-refractivity contribution is 6.05. The maximum Gasteiger partial charge on any atom is 0.255 e. The Balaban J connectivity index is 1.20. The Kier molecular flexibility index (Phi) is 4.57. The van der Waals surface area contributed by atoms with Crippen LogP contribution in [-0.2, 0) is 0 Å². The van der Waals surface area contributed by atoms with Gasteiger partial charge in [-0.25, -0.2) is 0 Å². The lowest BCUT2D eigenvalue weighted by Gasteiger charge is -2.43. The number of anilines is 2. The Bertz CT molecular complexity index is 1260. The smallest absolute Gasteiger partial charge is 0.255 e. The highest BCUT2D eigenvalue weighted by Gasteiger charge is 2.53. The van der Waals surface area contributed by atoms with Crippen molar-refractivity contribution in [2.75, 3.05) is 23.8 Å². The van der Waals surface area contributed by atoms with E-state index < -0.39 is 0 Å². The largest absolute Gasteiger partial charge is 0.486 e. The number of carbonyl (C=O) groups is 1. The molecule has 7 rings (SSSR count). The molecule has 4 aliphatic rings. The van der Waals surface area contributed by atoms with Crippen LogP contribution in [0.5, 0.6) is 11.5 Å². The fourth-order valence-electron chi connectivity index (χ4n) is 6.94. The van der Waals surface area contributed by atoms with Gasteiger partial charge < -0.3 is 20.1 Å². The Morgan fingerprint density at radius 1 is 0.882 bits per heavy atom. The first-order valence-electron chi connectivity index (χ1n) is 12.4. The van der Waals surface area contributed by atoms with Gasteiger partial charge in [0, 0.05) is 23.0 Å². The first-order valence-corrected chi connectivity index (χ1v) is 12.4. The molecule has 2 aliphatic heterocycles. The second-order valence-electron chi connectivity index (χ2n) is 10.1. The standard InChI is InChI=1S/C29H28N2O3/c32-29(30-21-9-11-24-25(16-21)34-13-12-33-24)20-8-10-23-22(15-20)26-18-6-7-19(14-18)27(26)28(31-23)17-4-2-1-3-5-17/h1-5,8-11,15-16,18-19,26-28,31H,6-7,12-14H2,(H,30,32)/t18-,19-,26-,27+,28+/m0/s1. The van der Waals surface area contributed by atoms with E-state index in [1.54, 1.807) is 0 Å². The summed E-state index contributed by atoms with van der Waals surface area (Å²) in [5, 5.41) is 6.91. The van der Waals surface area contributed by atoms with Gasteiger partial charge in [0.05, 0.1) is 6.04 Å². The van der Waals surface area contributed by atoms with Gasteiger partial charge in [-0.15, -0.1) is 0 Å². The van der Waals surface area contributed by atoms with Crippen molar-refractivity contribution in [2.45, 2.75) is 31.2 Å². The van der Waals surface area contributed by atoms with Crippen LogP contribution in [0, 0.1) is 17.8 Å².